The van der Waals surface area contributed by atoms with Crippen LogP contribution >= 0.6 is 0 Å². The van der Waals surface area contributed by atoms with Gasteiger partial charge in [-0.2, -0.15) is 0 Å². The van der Waals surface area contributed by atoms with E-state index in [4.69, 9.17) is 15.3 Å². The van der Waals surface area contributed by atoms with Gasteiger partial charge in [0.15, 0.2) is 0 Å². The maximum atomic E-state index is 13.4. The number of benzene rings is 1. The highest BCUT2D eigenvalue weighted by Gasteiger charge is 2.19. The van der Waals surface area contributed by atoms with Crippen LogP contribution in [0.2, 0.25) is 0 Å². The Morgan fingerprint density at radius 3 is 2.47 bits per heavy atom. The number of aliphatic hydroxyl groups is 3. The van der Waals surface area contributed by atoms with Crippen LogP contribution in [0.3, 0.4) is 0 Å². The van der Waals surface area contributed by atoms with Crippen LogP contribution < -0.4 is 0 Å². The standard InChI is InChI=1S/C11H13FO5/c12-8-3-7(11(17)9(14)5-13)2-1-6(8)4-10(15)16/h1-3,9,11,13-14,17H,4-5H2,(H,15,16). The minimum Gasteiger partial charge on any atom is -0.481 e. The van der Waals surface area contributed by atoms with Crippen LogP contribution in [0, 0.1) is 5.82 Å². The van der Waals surface area contributed by atoms with Gasteiger partial charge in [-0.15, -0.1) is 0 Å². The molecule has 0 radical (unpaired) electrons. The topological polar surface area (TPSA) is 98.0 Å². The molecule has 5 nitrogen and oxygen atoms in total. The van der Waals surface area contributed by atoms with Crippen molar-refractivity contribution in [1.29, 1.82) is 0 Å². The number of rotatable bonds is 5. The zero-order valence-corrected chi connectivity index (χ0v) is 8.88. The molecule has 17 heavy (non-hydrogen) atoms. The molecule has 0 amide bonds. The van der Waals surface area contributed by atoms with E-state index in [2.05, 4.69) is 0 Å². The minimum absolute atomic E-state index is 0.00746. The average molecular weight is 244 g/mol. The van der Waals surface area contributed by atoms with Crippen molar-refractivity contribution in [2.45, 2.75) is 18.6 Å². The SMILES string of the molecule is O=C(O)Cc1ccc(C(O)C(O)CO)cc1F. The first-order valence-electron chi connectivity index (χ1n) is 4.92. The monoisotopic (exact) mass is 244 g/mol. The lowest BCUT2D eigenvalue weighted by Gasteiger charge is -2.16. The van der Waals surface area contributed by atoms with Crippen molar-refractivity contribution in [3.63, 3.8) is 0 Å². The van der Waals surface area contributed by atoms with E-state index in [1.807, 2.05) is 0 Å². The molecule has 1 rings (SSSR count). The van der Waals surface area contributed by atoms with E-state index in [-0.39, 0.29) is 11.1 Å². The molecule has 0 aliphatic carbocycles. The van der Waals surface area contributed by atoms with Gasteiger partial charge in [0.05, 0.1) is 13.0 Å². The smallest absolute Gasteiger partial charge is 0.307 e. The number of hydrogen-bond acceptors (Lipinski definition) is 4. The molecule has 2 atom stereocenters. The van der Waals surface area contributed by atoms with Gasteiger partial charge in [0.25, 0.3) is 0 Å². The maximum absolute atomic E-state index is 13.4. The van der Waals surface area contributed by atoms with E-state index in [0.717, 1.165) is 6.07 Å². The van der Waals surface area contributed by atoms with E-state index < -0.39 is 37.0 Å². The summed E-state index contributed by atoms with van der Waals surface area (Å²) in [5.74, 6) is -1.93. The number of carboxylic acid groups (broad SMARTS) is 1. The predicted molar refractivity (Wildman–Crippen MR) is 55.8 cm³/mol. The normalized spacial score (nSPS) is 14.4. The zero-order chi connectivity index (χ0) is 13.0. The van der Waals surface area contributed by atoms with E-state index >= 15 is 0 Å². The number of aliphatic carboxylic acids is 1. The molecule has 1 aromatic rings. The Bertz CT molecular complexity index is 407. The molecule has 94 valence electrons. The second-order valence-corrected chi connectivity index (χ2v) is 3.62. The van der Waals surface area contributed by atoms with Crippen LogP contribution in [0.25, 0.3) is 0 Å². The van der Waals surface area contributed by atoms with Crippen LogP contribution in [0.5, 0.6) is 0 Å². The van der Waals surface area contributed by atoms with Crippen molar-refractivity contribution < 1.29 is 29.6 Å². The molecule has 0 aliphatic heterocycles. The summed E-state index contributed by atoms with van der Waals surface area (Å²) in [5.41, 5.74) is 0.0742. The molecular weight excluding hydrogens is 231 g/mol. The highest BCUT2D eigenvalue weighted by Crippen LogP contribution is 2.20. The van der Waals surface area contributed by atoms with Crippen molar-refractivity contribution >= 4 is 5.97 Å². The largest absolute Gasteiger partial charge is 0.481 e. The van der Waals surface area contributed by atoms with Gasteiger partial charge >= 0.3 is 5.97 Å². The fraction of sp³-hybridized carbons (Fsp3) is 0.364. The summed E-state index contributed by atoms with van der Waals surface area (Å²) in [6, 6.07) is 3.48. The minimum atomic E-state index is -1.41. The summed E-state index contributed by atoms with van der Waals surface area (Å²) in [6.07, 6.45) is -3.27. The molecule has 4 N–H and O–H groups in total. The highest BCUT2D eigenvalue weighted by atomic mass is 19.1. The van der Waals surface area contributed by atoms with Crippen LogP contribution in [0.4, 0.5) is 4.39 Å². The number of carbonyl (C=O) groups is 1. The van der Waals surface area contributed by atoms with E-state index in [9.17, 15) is 14.3 Å². The Hall–Kier alpha value is -1.50. The summed E-state index contributed by atoms with van der Waals surface area (Å²) in [4.78, 5) is 10.4. The molecule has 0 aliphatic rings. The molecule has 0 fully saturated rings. The molecule has 1 aromatic carbocycles. The van der Waals surface area contributed by atoms with Crippen LogP contribution in [-0.2, 0) is 11.2 Å². The van der Waals surface area contributed by atoms with Crippen molar-refractivity contribution in [2.75, 3.05) is 6.61 Å². The summed E-state index contributed by atoms with van der Waals surface area (Å²) in [5, 5.41) is 35.8. The third-order valence-electron chi connectivity index (χ3n) is 2.31. The first-order valence-corrected chi connectivity index (χ1v) is 4.92. The third kappa shape index (κ3) is 3.48. The molecule has 0 saturated heterocycles. The van der Waals surface area contributed by atoms with E-state index in [1.54, 1.807) is 0 Å². The van der Waals surface area contributed by atoms with Crippen LogP contribution in [-0.4, -0.2) is 39.1 Å². The number of carboxylic acids is 1. The van der Waals surface area contributed by atoms with Gasteiger partial charge < -0.3 is 20.4 Å². The second-order valence-electron chi connectivity index (χ2n) is 3.62. The predicted octanol–water partition coefficient (Wildman–Crippen LogP) is -0.161. The quantitative estimate of drug-likeness (QED) is 0.577. The Balaban J connectivity index is 2.92. The molecule has 2 unspecified atom stereocenters. The van der Waals surface area contributed by atoms with Crippen molar-refractivity contribution in [3.8, 4) is 0 Å². The van der Waals surface area contributed by atoms with Crippen LogP contribution in [0.1, 0.15) is 17.2 Å². The number of halogens is 1. The molecular formula is C11H13FO5. The van der Waals surface area contributed by atoms with Gasteiger partial charge in [-0.1, -0.05) is 12.1 Å². The average Bonchev–Trinajstić information content (AvgIpc) is 2.29. The lowest BCUT2D eigenvalue weighted by molar-refractivity contribution is -0.136. The van der Waals surface area contributed by atoms with Crippen molar-refractivity contribution in [3.05, 3.63) is 35.1 Å². The second kappa shape index (κ2) is 5.72. The molecule has 0 heterocycles. The summed E-state index contributed by atoms with van der Waals surface area (Å²) < 4.78 is 13.4. The Morgan fingerprint density at radius 1 is 1.35 bits per heavy atom. The lowest BCUT2D eigenvalue weighted by atomic mass is 10.0. The summed E-state index contributed by atoms with van der Waals surface area (Å²) in [7, 11) is 0. The van der Waals surface area contributed by atoms with Crippen molar-refractivity contribution in [1.82, 2.24) is 0 Å². The van der Waals surface area contributed by atoms with Gasteiger partial charge in [-0.05, 0) is 17.2 Å². The molecule has 0 aromatic heterocycles. The van der Waals surface area contributed by atoms with Gasteiger partial charge in [0.2, 0.25) is 0 Å². The number of hydrogen-bond donors (Lipinski definition) is 4. The van der Waals surface area contributed by atoms with Gasteiger partial charge in [-0.3, -0.25) is 4.79 Å². The molecule has 6 heteroatoms. The Labute approximate surface area is 96.8 Å². The lowest BCUT2D eigenvalue weighted by Crippen LogP contribution is -2.22. The maximum Gasteiger partial charge on any atom is 0.307 e. The Morgan fingerprint density at radius 2 is 2.00 bits per heavy atom. The fourth-order valence-corrected chi connectivity index (χ4v) is 1.38. The zero-order valence-electron chi connectivity index (χ0n) is 8.88. The summed E-state index contributed by atoms with van der Waals surface area (Å²) >= 11 is 0. The third-order valence-corrected chi connectivity index (χ3v) is 2.31. The first kappa shape index (κ1) is 13.6. The molecule has 0 saturated carbocycles. The summed E-state index contributed by atoms with van der Waals surface area (Å²) in [6.45, 7) is -0.653. The van der Waals surface area contributed by atoms with E-state index in [1.165, 1.54) is 12.1 Å². The van der Waals surface area contributed by atoms with Gasteiger partial charge in [0.1, 0.15) is 18.0 Å². The van der Waals surface area contributed by atoms with Crippen LogP contribution in [0.15, 0.2) is 18.2 Å². The Kier molecular flexibility index (Phi) is 4.56. The highest BCUT2D eigenvalue weighted by molar-refractivity contribution is 5.70. The van der Waals surface area contributed by atoms with Crippen molar-refractivity contribution in [2.24, 2.45) is 0 Å². The molecule has 0 spiro atoms. The van der Waals surface area contributed by atoms with Gasteiger partial charge in [-0.25, -0.2) is 4.39 Å². The number of aliphatic hydroxyl groups excluding tert-OH is 3. The van der Waals surface area contributed by atoms with Gasteiger partial charge in [0, 0.05) is 0 Å². The first-order chi connectivity index (χ1) is 7.95. The van der Waals surface area contributed by atoms with E-state index in [0.29, 0.717) is 0 Å². The molecule has 0 bridgehead atoms. The fourth-order valence-electron chi connectivity index (χ4n) is 1.38.